The van der Waals surface area contributed by atoms with Crippen molar-refractivity contribution in [3.05, 3.63) is 64.1 Å². The van der Waals surface area contributed by atoms with Gasteiger partial charge < -0.3 is 10.1 Å². The highest BCUT2D eigenvalue weighted by Crippen LogP contribution is 2.18. The van der Waals surface area contributed by atoms with Crippen LogP contribution in [-0.2, 0) is 6.54 Å². The molecule has 0 aliphatic carbocycles. The predicted molar refractivity (Wildman–Crippen MR) is 91.6 cm³/mol. The molecule has 0 fully saturated rings. The van der Waals surface area contributed by atoms with Crippen molar-refractivity contribution < 1.29 is 4.74 Å². The van der Waals surface area contributed by atoms with Crippen LogP contribution in [0.4, 0.5) is 0 Å². The Balaban J connectivity index is 1.91. The highest BCUT2D eigenvalue weighted by atomic mass is 79.9. The lowest BCUT2D eigenvalue weighted by molar-refractivity contribution is 0.317. The van der Waals surface area contributed by atoms with Crippen molar-refractivity contribution in [3.63, 3.8) is 0 Å². The van der Waals surface area contributed by atoms with E-state index in [1.165, 1.54) is 11.1 Å². The molecule has 0 aliphatic rings. The van der Waals surface area contributed by atoms with Crippen molar-refractivity contribution in [2.24, 2.45) is 0 Å². The topological polar surface area (TPSA) is 21.3 Å². The SMILES string of the molecule is CCCOc1cccc(CN[C@H](C)c2ccc(Br)cc2)c1. The van der Waals surface area contributed by atoms with Gasteiger partial charge in [-0.15, -0.1) is 0 Å². The minimum absolute atomic E-state index is 0.318. The van der Waals surface area contributed by atoms with Crippen LogP contribution in [0, 0.1) is 0 Å². The summed E-state index contributed by atoms with van der Waals surface area (Å²) in [5.74, 6) is 0.951. The highest BCUT2D eigenvalue weighted by Gasteiger charge is 2.05. The lowest BCUT2D eigenvalue weighted by Gasteiger charge is -2.15. The van der Waals surface area contributed by atoms with E-state index in [2.05, 4.69) is 71.5 Å². The van der Waals surface area contributed by atoms with E-state index in [4.69, 9.17) is 4.74 Å². The largest absolute Gasteiger partial charge is 0.494 e. The van der Waals surface area contributed by atoms with E-state index in [9.17, 15) is 0 Å². The molecule has 2 aromatic rings. The molecule has 0 saturated carbocycles. The van der Waals surface area contributed by atoms with Crippen molar-refractivity contribution in [2.45, 2.75) is 32.9 Å². The molecular weight excluding hydrogens is 326 g/mol. The van der Waals surface area contributed by atoms with Crippen LogP contribution in [0.25, 0.3) is 0 Å². The molecule has 0 radical (unpaired) electrons. The van der Waals surface area contributed by atoms with Crippen LogP contribution in [0.5, 0.6) is 5.75 Å². The van der Waals surface area contributed by atoms with Crippen LogP contribution >= 0.6 is 15.9 Å². The minimum Gasteiger partial charge on any atom is -0.494 e. The van der Waals surface area contributed by atoms with Crippen LogP contribution in [0.2, 0.25) is 0 Å². The number of nitrogens with one attached hydrogen (secondary N) is 1. The Labute approximate surface area is 135 Å². The Hall–Kier alpha value is -1.32. The third kappa shape index (κ3) is 5.18. The van der Waals surface area contributed by atoms with Crippen molar-refractivity contribution in [3.8, 4) is 5.75 Å². The van der Waals surface area contributed by atoms with E-state index in [1.807, 2.05) is 12.1 Å². The van der Waals surface area contributed by atoms with Gasteiger partial charge in [0.25, 0.3) is 0 Å². The molecule has 2 rings (SSSR count). The first-order valence-corrected chi connectivity index (χ1v) is 8.19. The second kappa shape index (κ2) is 8.20. The summed E-state index contributed by atoms with van der Waals surface area (Å²) in [6.07, 6.45) is 1.03. The molecule has 2 nitrogen and oxygen atoms in total. The third-order valence-corrected chi connectivity index (χ3v) is 3.88. The van der Waals surface area contributed by atoms with Crippen molar-refractivity contribution in [1.29, 1.82) is 0 Å². The van der Waals surface area contributed by atoms with E-state index < -0.39 is 0 Å². The monoisotopic (exact) mass is 347 g/mol. The zero-order chi connectivity index (χ0) is 15.1. The minimum atomic E-state index is 0.318. The van der Waals surface area contributed by atoms with Gasteiger partial charge in [0.05, 0.1) is 6.61 Å². The molecule has 0 amide bonds. The first-order chi connectivity index (χ1) is 10.2. The lowest BCUT2D eigenvalue weighted by atomic mass is 10.1. The van der Waals surface area contributed by atoms with Gasteiger partial charge in [-0.3, -0.25) is 0 Å². The molecule has 2 aromatic carbocycles. The number of hydrogen-bond donors (Lipinski definition) is 1. The van der Waals surface area contributed by atoms with E-state index >= 15 is 0 Å². The summed E-state index contributed by atoms with van der Waals surface area (Å²) >= 11 is 3.46. The predicted octanol–water partition coefficient (Wildman–Crippen LogP) is 5.09. The van der Waals surface area contributed by atoms with Gasteiger partial charge in [0.2, 0.25) is 0 Å². The second-order valence-corrected chi connectivity index (χ2v) is 6.07. The van der Waals surface area contributed by atoms with Crippen LogP contribution in [0.3, 0.4) is 0 Å². The molecule has 1 atom stereocenters. The first kappa shape index (κ1) is 16.1. The van der Waals surface area contributed by atoms with E-state index in [-0.39, 0.29) is 0 Å². The van der Waals surface area contributed by atoms with Gasteiger partial charge in [-0.1, -0.05) is 47.1 Å². The van der Waals surface area contributed by atoms with Gasteiger partial charge in [0.15, 0.2) is 0 Å². The Morgan fingerprint density at radius 1 is 1.14 bits per heavy atom. The maximum absolute atomic E-state index is 5.67. The molecule has 3 heteroatoms. The third-order valence-electron chi connectivity index (χ3n) is 3.35. The van der Waals surface area contributed by atoms with Crippen LogP contribution < -0.4 is 10.1 Å². The smallest absolute Gasteiger partial charge is 0.119 e. The van der Waals surface area contributed by atoms with Gasteiger partial charge in [0.1, 0.15) is 5.75 Å². The number of hydrogen-bond acceptors (Lipinski definition) is 2. The lowest BCUT2D eigenvalue weighted by Crippen LogP contribution is -2.18. The highest BCUT2D eigenvalue weighted by molar-refractivity contribution is 9.10. The van der Waals surface area contributed by atoms with E-state index in [1.54, 1.807) is 0 Å². The quantitative estimate of drug-likeness (QED) is 0.753. The molecule has 112 valence electrons. The van der Waals surface area contributed by atoms with Gasteiger partial charge in [-0.05, 0) is 48.7 Å². The summed E-state index contributed by atoms with van der Waals surface area (Å²) in [5, 5.41) is 3.55. The average molecular weight is 348 g/mol. The van der Waals surface area contributed by atoms with Gasteiger partial charge in [-0.2, -0.15) is 0 Å². The summed E-state index contributed by atoms with van der Waals surface area (Å²) < 4.78 is 6.78. The zero-order valence-corrected chi connectivity index (χ0v) is 14.2. The van der Waals surface area contributed by atoms with E-state index in [0.29, 0.717) is 6.04 Å². The summed E-state index contributed by atoms with van der Waals surface area (Å²) in [4.78, 5) is 0. The molecule has 1 N–H and O–H groups in total. The van der Waals surface area contributed by atoms with Crippen LogP contribution in [0.1, 0.15) is 37.4 Å². The normalized spacial score (nSPS) is 12.1. The molecule has 0 heterocycles. The van der Waals surface area contributed by atoms with Crippen LogP contribution in [0.15, 0.2) is 53.0 Å². The Morgan fingerprint density at radius 2 is 1.90 bits per heavy atom. The molecule has 0 unspecified atom stereocenters. The number of ether oxygens (including phenoxy) is 1. The summed E-state index contributed by atoms with van der Waals surface area (Å²) in [5.41, 5.74) is 2.53. The summed E-state index contributed by atoms with van der Waals surface area (Å²) in [6.45, 7) is 5.90. The molecule has 0 saturated heterocycles. The number of rotatable bonds is 7. The van der Waals surface area contributed by atoms with Crippen molar-refractivity contribution in [1.82, 2.24) is 5.32 Å². The fourth-order valence-corrected chi connectivity index (χ4v) is 2.37. The number of halogens is 1. The molecule has 21 heavy (non-hydrogen) atoms. The maximum Gasteiger partial charge on any atom is 0.119 e. The molecular formula is C18H22BrNO. The summed E-state index contributed by atoms with van der Waals surface area (Å²) in [6, 6.07) is 17.0. The fraction of sp³-hybridized carbons (Fsp3) is 0.333. The zero-order valence-electron chi connectivity index (χ0n) is 12.6. The molecule has 0 bridgehead atoms. The van der Waals surface area contributed by atoms with E-state index in [0.717, 1.165) is 29.8 Å². The van der Waals surface area contributed by atoms with Crippen molar-refractivity contribution in [2.75, 3.05) is 6.61 Å². The molecule has 0 spiro atoms. The van der Waals surface area contributed by atoms with Gasteiger partial charge in [0, 0.05) is 17.1 Å². The van der Waals surface area contributed by atoms with Gasteiger partial charge in [-0.25, -0.2) is 0 Å². The standard InChI is InChI=1S/C18H22BrNO/c1-3-11-21-18-6-4-5-15(12-18)13-20-14(2)16-7-9-17(19)10-8-16/h4-10,12,14,20H,3,11,13H2,1-2H3/t14-/m1/s1. The first-order valence-electron chi connectivity index (χ1n) is 7.39. The van der Waals surface area contributed by atoms with Gasteiger partial charge >= 0.3 is 0 Å². The Kier molecular flexibility index (Phi) is 6.27. The molecule has 0 aromatic heterocycles. The second-order valence-electron chi connectivity index (χ2n) is 5.15. The molecule has 0 aliphatic heterocycles. The Bertz CT molecular complexity index is 553. The van der Waals surface area contributed by atoms with Crippen molar-refractivity contribution >= 4 is 15.9 Å². The fourth-order valence-electron chi connectivity index (χ4n) is 2.11. The Morgan fingerprint density at radius 3 is 2.62 bits per heavy atom. The van der Waals surface area contributed by atoms with Crippen LogP contribution in [-0.4, -0.2) is 6.61 Å². The average Bonchev–Trinajstić information content (AvgIpc) is 2.52. The number of benzene rings is 2. The summed E-state index contributed by atoms with van der Waals surface area (Å²) in [7, 11) is 0. The maximum atomic E-state index is 5.67.